The molecule has 0 bridgehead atoms. The fourth-order valence-electron chi connectivity index (χ4n) is 9.08. The van der Waals surface area contributed by atoms with E-state index in [0.29, 0.717) is 24.2 Å². The van der Waals surface area contributed by atoms with Gasteiger partial charge < -0.3 is 20.4 Å². The minimum atomic E-state index is -4.41. The van der Waals surface area contributed by atoms with Crippen molar-refractivity contribution >= 4 is 45.7 Å². The molecule has 1 aromatic heterocycles. The number of rotatable bonds is 16. The molecule has 3 N–H and O–H groups in total. The van der Waals surface area contributed by atoms with Gasteiger partial charge in [-0.2, -0.15) is 18.3 Å². The average Bonchev–Trinajstić information content (AvgIpc) is 3.26. The molecule has 2 atom stereocenters. The molecule has 3 amide bonds. The highest BCUT2D eigenvalue weighted by molar-refractivity contribution is 6.01. The van der Waals surface area contributed by atoms with Gasteiger partial charge in [0.15, 0.2) is 5.82 Å². The highest BCUT2D eigenvalue weighted by Gasteiger charge is 2.33. The van der Waals surface area contributed by atoms with Crippen LogP contribution in [0.15, 0.2) is 60.7 Å². The van der Waals surface area contributed by atoms with Gasteiger partial charge in [0.1, 0.15) is 0 Å². The number of anilines is 3. The number of hydrogen-bond donors (Lipinski definition) is 3. The Morgan fingerprint density at radius 3 is 2.15 bits per heavy atom. The van der Waals surface area contributed by atoms with Crippen molar-refractivity contribution in [3.63, 3.8) is 0 Å². The monoisotopic (exact) mass is 855 g/mol. The number of amides is 3. The summed E-state index contributed by atoms with van der Waals surface area (Å²) in [7, 11) is 0. The normalized spacial score (nSPS) is 18.5. The topological polar surface area (TPSA) is 126 Å². The van der Waals surface area contributed by atoms with Crippen LogP contribution in [0.1, 0.15) is 91.8 Å². The predicted molar refractivity (Wildman–Crippen MR) is 237 cm³/mol. The Kier molecular flexibility index (Phi) is 14.6. The summed E-state index contributed by atoms with van der Waals surface area (Å²) in [5, 5.41) is 19.7. The van der Waals surface area contributed by atoms with Crippen molar-refractivity contribution in [1.29, 1.82) is 0 Å². The van der Waals surface area contributed by atoms with Crippen LogP contribution in [-0.2, 0) is 20.6 Å². The SMILES string of the molecule is Cc1c([C@@H](C)Nc2nnc(C)c3ccc(N4CCN(CCCCCCCN5CCN(C(=O)CNc6ccc(C7CCC(=O)NC7=O)cc6)CC5)CC4)cc23)cccc1C(F)(F)F. The third-order valence-corrected chi connectivity index (χ3v) is 12.9. The van der Waals surface area contributed by atoms with Crippen molar-refractivity contribution in [3.8, 4) is 0 Å². The molecule has 3 fully saturated rings. The lowest BCUT2D eigenvalue weighted by Crippen LogP contribution is -2.50. The number of piperidine rings is 1. The van der Waals surface area contributed by atoms with Gasteiger partial charge >= 0.3 is 6.18 Å². The Balaban J connectivity index is 0.766. The summed E-state index contributed by atoms with van der Waals surface area (Å²) in [6, 6.07) is 17.8. The summed E-state index contributed by atoms with van der Waals surface area (Å²) >= 11 is 0. The maximum absolute atomic E-state index is 13.6. The molecule has 15 heteroatoms. The first-order chi connectivity index (χ1) is 29.8. The number of benzene rings is 3. The number of unbranched alkanes of at least 4 members (excludes halogenated alkanes) is 4. The lowest BCUT2D eigenvalue weighted by atomic mass is 9.90. The molecule has 7 rings (SSSR count). The van der Waals surface area contributed by atoms with Crippen molar-refractivity contribution in [2.75, 3.05) is 87.5 Å². The second-order valence-electron chi connectivity index (χ2n) is 17.0. The average molecular weight is 856 g/mol. The summed E-state index contributed by atoms with van der Waals surface area (Å²) in [4.78, 5) is 45.9. The molecule has 12 nitrogen and oxygen atoms in total. The number of carbonyl (C=O) groups excluding carboxylic acids is 3. The number of alkyl halides is 3. The molecule has 3 saturated heterocycles. The van der Waals surface area contributed by atoms with Crippen molar-refractivity contribution in [2.24, 2.45) is 0 Å². The van der Waals surface area contributed by atoms with Crippen LogP contribution in [0.25, 0.3) is 10.8 Å². The Labute approximate surface area is 362 Å². The molecule has 62 heavy (non-hydrogen) atoms. The van der Waals surface area contributed by atoms with E-state index in [4.69, 9.17) is 0 Å². The third-order valence-electron chi connectivity index (χ3n) is 12.9. The van der Waals surface area contributed by atoms with Gasteiger partial charge in [-0.25, -0.2) is 0 Å². The van der Waals surface area contributed by atoms with Crippen molar-refractivity contribution in [1.82, 2.24) is 30.2 Å². The van der Waals surface area contributed by atoms with Crippen LogP contribution < -0.4 is 20.9 Å². The summed E-state index contributed by atoms with van der Waals surface area (Å²) in [5.41, 5.74) is 3.77. The fraction of sp³-hybridized carbons (Fsp3) is 0.511. The Bertz CT molecular complexity index is 2190. The summed E-state index contributed by atoms with van der Waals surface area (Å²) in [5.74, 6) is -0.143. The predicted octanol–water partition coefficient (Wildman–Crippen LogP) is 7.29. The summed E-state index contributed by atoms with van der Waals surface area (Å²) < 4.78 is 40.9. The first kappa shape index (κ1) is 44.8. The van der Waals surface area contributed by atoms with Crippen LogP contribution >= 0.6 is 0 Å². The van der Waals surface area contributed by atoms with Crippen LogP contribution in [0.3, 0.4) is 0 Å². The van der Waals surface area contributed by atoms with E-state index >= 15 is 0 Å². The minimum absolute atomic E-state index is 0.0866. The standard InChI is InChI=1S/C47H60F3N9O3/c1-32-38(10-9-11-42(32)47(48,49)50)33(2)52-45-41-30-37(16-17-39(41)34(3)54-55-45)58-26-22-56(23-27-58)20-7-5-4-6-8-21-57-24-28-59(29-25-57)44(61)31-51-36-14-12-35(13-15-36)40-18-19-43(60)53-46(40)62/h9-17,30,33,40,51H,4-8,18-29,31H2,1-3H3,(H,52,55)(H,53,60,62)/t33-,40?/m1/s1. The van der Waals surface area contributed by atoms with Crippen LogP contribution in [0, 0.1) is 13.8 Å². The summed E-state index contributed by atoms with van der Waals surface area (Å²) in [6.07, 6.45) is 2.45. The Morgan fingerprint density at radius 1 is 0.823 bits per heavy atom. The van der Waals surface area contributed by atoms with Crippen LogP contribution in [-0.4, -0.2) is 115 Å². The zero-order chi connectivity index (χ0) is 43.8. The maximum Gasteiger partial charge on any atom is 0.416 e. The number of nitrogens with one attached hydrogen (secondary N) is 3. The molecular formula is C47H60F3N9O3. The second kappa shape index (κ2) is 20.3. The first-order valence-electron chi connectivity index (χ1n) is 22.2. The Morgan fingerprint density at radius 2 is 1.48 bits per heavy atom. The molecule has 4 heterocycles. The zero-order valence-electron chi connectivity index (χ0n) is 36.2. The molecule has 4 aromatic rings. The van der Waals surface area contributed by atoms with Gasteiger partial charge in [-0.15, -0.1) is 5.10 Å². The number of carbonyl (C=O) groups is 3. The first-order valence-corrected chi connectivity index (χ1v) is 22.2. The van der Waals surface area contributed by atoms with Crippen LogP contribution in [0.5, 0.6) is 0 Å². The van der Waals surface area contributed by atoms with Gasteiger partial charge in [0.25, 0.3) is 0 Å². The van der Waals surface area contributed by atoms with Gasteiger partial charge in [-0.1, -0.05) is 49.6 Å². The van der Waals surface area contributed by atoms with E-state index in [9.17, 15) is 27.6 Å². The number of hydrogen-bond acceptors (Lipinski definition) is 10. The quantitative estimate of drug-likeness (QED) is 0.0782. The molecule has 3 aliphatic heterocycles. The smallest absolute Gasteiger partial charge is 0.376 e. The van der Waals surface area contributed by atoms with E-state index in [1.165, 1.54) is 45.1 Å². The Hall–Kier alpha value is -5.28. The second-order valence-corrected chi connectivity index (χ2v) is 17.0. The number of nitrogens with zero attached hydrogens (tertiary/aromatic N) is 6. The highest BCUT2D eigenvalue weighted by Crippen LogP contribution is 2.36. The van der Waals surface area contributed by atoms with E-state index in [2.05, 4.69) is 59.0 Å². The lowest BCUT2D eigenvalue weighted by Gasteiger charge is -2.36. The number of fused-ring (bicyclic) bond motifs is 1. The van der Waals surface area contributed by atoms with E-state index in [1.54, 1.807) is 6.07 Å². The molecule has 3 aliphatic rings. The van der Waals surface area contributed by atoms with Gasteiger partial charge in [0.2, 0.25) is 17.7 Å². The van der Waals surface area contributed by atoms with Gasteiger partial charge in [0, 0.05) is 80.9 Å². The number of imide groups is 1. The van der Waals surface area contributed by atoms with Gasteiger partial charge in [-0.3, -0.25) is 29.5 Å². The molecule has 0 saturated carbocycles. The molecule has 0 radical (unpaired) electrons. The van der Waals surface area contributed by atoms with E-state index in [-0.39, 0.29) is 35.7 Å². The van der Waals surface area contributed by atoms with Crippen molar-refractivity contribution in [2.45, 2.75) is 83.9 Å². The molecule has 1 unspecified atom stereocenters. The third kappa shape index (κ3) is 11.2. The molecule has 0 aliphatic carbocycles. The molecular weight excluding hydrogens is 796 g/mol. The van der Waals surface area contributed by atoms with Crippen molar-refractivity contribution in [3.05, 3.63) is 88.6 Å². The zero-order valence-corrected chi connectivity index (χ0v) is 36.2. The van der Waals surface area contributed by atoms with E-state index < -0.39 is 17.8 Å². The van der Waals surface area contributed by atoms with Crippen LogP contribution in [0.2, 0.25) is 0 Å². The number of piperazine rings is 2. The molecule has 0 spiro atoms. The van der Waals surface area contributed by atoms with Gasteiger partial charge in [-0.05, 0) is 100 Å². The van der Waals surface area contributed by atoms with E-state index in [1.807, 2.05) is 43.0 Å². The number of halogens is 3. The minimum Gasteiger partial charge on any atom is -0.376 e. The van der Waals surface area contributed by atoms with Gasteiger partial charge in [0.05, 0.1) is 29.8 Å². The lowest BCUT2D eigenvalue weighted by molar-refractivity contribution is -0.138. The van der Waals surface area contributed by atoms with Crippen molar-refractivity contribution < 1.29 is 27.6 Å². The largest absolute Gasteiger partial charge is 0.416 e. The molecule has 332 valence electrons. The fourth-order valence-corrected chi connectivity index (χ4v) is 9.08. The maximum atomic E-state index is 13.6. The van der Waals surface area contributed by atoms with Crippen LogP contribution in [0.4, 0.5) is 30.4 Å². The summed E-state index contributed by atoms with van der Waals surface area (Å²) in [6.45, 7) is 14.8. The number of aromatic nitrogens is 2. The highest BCUT2D eigenvalue weighted by atomic mass is 19.4. The molecule has 3 aromatic carbocycles. The number of aryl methyl sites for hydroxylation is 1. The van der Waals surface area contributed by atoms with E-state index in [0.717, 1.165) is 105 Å².